The second kappa shape index (κ2) is 7.60. The third kappa shape index (κ3) is 4.13. The van der Waals surface area contributed by atoms with Gasteiger partial charge in [-0.1, -0.05) is 6.07 Å². The molecule has 0 aromatic heterocycles. The number of nitrogens with one attached hydrogen (secondary N) is 1. The Balaban J connectivity index is 1.60. The van der Waals surface area contributed by atoms with Crippen molar-refractivity contribution in [2.75, 3.05) is 13.9 Å². The summed E-state index contributed by atoms with van der Waals surface area (Å²) in [7, 11) is 1.47. The van der Waals surface area contributed by atoms with Gasteiger partial charge in [0.15, 0.2) is 23.0 Å². The molecule has 2 N–H and O–H groups in total. The van der Waals surface area contributed by atoms with Crippen molar-refractivity contribution in [3.8, 4) is 23.0 Å². The van der Waals surface area contributed by atoms with Gasteiger partial charge < -0.3 is 19.3 Å². The number of phenols is 1. The minimum absolute atomic E-state index is 0.0760. The molecular weight excluding hydrogens is 439 g/mol. The van der Waals surface area contributed by atoms with E-state index in [1.165, 1.54) is 13.3 Å². The molecular formula is C17H15IN2O5. The van der Waals surface area contributed by atoms with Crippen molar-refractivity contribution in [2.45, 2.75) is 6.42 Å². The summed E-state index contributed by atoms with van der Waals surface area (Å²) < 4.78 is 16.2. The molecule has 25 heavy (non-hydrogen) atoms. The van der Waals surface area contributed by atoms with E-state index in [9.17, 15) is 9.90 Å². The van der Waals surface area contributed by atoms with Gasteiger partial charge in [-0.3, -0.25) is 4.79 Å². The lowest BCUT2D eigenvalue weighted by Gasteiger charge is -2.06. The van der Waals surface area contributed by atoms with Gasteiger partial charge in [-0.2, -0.15) is 5.10 Å². The monoisotopic (exact) mass is 454 g/mol. The average molecular weight is 454 g/mol. The number of methoxy groups -OCH3 is 1. The number of amides is 1. The number of rotatable bonds is 5. The van der Waals surface area contributed by atoms with Crippen molar-refractivity contribution in [2.24, 2.45) is 5.10 Å². The number of hydrogen-bond donors (Lipinski definition) is 2. The Labute approximate surface area is 157 Å². The number of hydrogen-bond acceptors (Lipinski definition) is 6. The highest BCUT2D eigenvalue weighted by Crippen LogP contribution is 2.33. The number of fused-ring (bicyclic) bond motifs is 1. The summed E-state index contributed by atoms with van der Waals surface area (Å²) in [4.78, 5) is 12.0. The van der Waals surface area contributed by atoms with Crippen LogP contribution in [-0.4, -0.2) is 31.1 Å². The summed E-state index contributed by atoms with van der Waals surface area (Å²) in [5, 5.41) is 13.7. The second-order valence-corrected chi connectivity index (χ2v) is 6.37. The number of ether oxygens (including phenoxy) is 3. The maximum Gasteiger partial charge on any atom is 0.244 e. The van der Waals surface area contributed by atoms with Crippen LogP contribution in [0.15, 0.2) is 35.4 Å². The molecule has 0 aliphatic carbocycles. The predicted octanol–water partition coefficient (Wildman–Crippen LogP) is 2.43. The molecule has 0 radical (unpaired) electrons. The molecule has 0 unspecified atom stereocenters. The van der Waals surface area contributed by atoms with Gasteiger partial charge in [-0.05, 0) is 58.0 Å². The normalized spacial score (nSPS) is 12.4. The van der Waals surface area contributed by atoms with E-state index in [4.69, 9.17) is 14.2 Å². The van der Waals surface area contributed by atoms with Gasteiger partial charge in [-0.15, -0.1) is 0 Å². The van der Waals surface area contributed by atoms with Gasteiger partial charge in [0, 0.05) is 0 Å². The van der Waals surface area contributed by atoms with E-state index in [1.807, 2.05) is 28.7 Å². The minimum Gasteiger partial charge on any atom is -0.504 e. The molecule has 1 amide bonds. The van der Waals surface area contributed by atoms with Crippen LogP contribution in [0, 0.1) is 3.57 Å². The molecule has 0 bridgehead atoms. The first-order chi connectivity index (χ1) is 12.1. The molecule has 1 heterocycles. The van der Waals surface area contributed by atoms with E-state index in [2.05, 4.69) is 10.5 Å². The van der Waals surface area contributed by atoms with E-state index >= 15 is 0 Å². The van der Waals surface area contributed by atoms with Crippen LogP contribution in [0.4, 0.5) is 0 Å². The van der Waals surface area contributed by atoms with Gasteiger partial charge in [0.25, 0.3) is 0 Å². The van der Waals surface area contributed by atoms with Crippen molar-refractivity contribution in [3.05, 3.63) is 45.0 Å². The molecule has 3 rings (SSSR count). The fraction of sp³-hybridized carbons (Fsp3) is 0.176. The average Bonchev–Trinajstić information content (AvgIpc) is 3.05. The number of nitrogens with zero attached hydrogens (tertiary/aromatic N) is 1. The Hall–Kier alpha value is -2.49. The van der Waals surface area contributed by atoms with E-state index in [0.29, 0.717) is 26.4 Å². The van der Waals surface area contributed by atoms with Crippen LogP contribution in [0.3, 0.4) is 0 Å². The van der Waals surface area contributed by atoms with Gasteiger partial charge in [0.2, 0.25) is 12.7 Å². The van der Waals surface area contributed by atoms with E-state index in [-0.39, 0.29) is 24.9 Å². The third-order valence-corrected chi connectivity index (χ3v) is 4.30. The molecule has 0 fully saturated rings. The molecule has 1 aliphatic rings. The maximum atomic E-state index is 12.0. The lowest BCUT2D eigenvalue weighted by molar-refractivity contribution is -0.120. The molecule has 8 heteroatoms. The van der Waals surface area contributed by atoms with Gasteiger partial charge >= 0.3 is 0 Å². The Morgan fingerprint density at radius 2 is 2.16 bits per heavy atom. The van der Waals surface area contributed by atoms with Crippen molar-refractivity contribution in [1.82, 2.24) is 5.43 Å². The first-order valence-electron chi connectivity index (χ1n) is 7.34. The highest BCUT2D eigenvalue weighted by Gasteiger charge is 2.14. The zero-order valence-corrected chi connectivity index (χ0v) is 15.4. The van der Waals surface area contributed by atoms with Crippen molar-refractivity contribution < 1.29 is 24.1 Å². The standard InChI is InChI=1S/C17H15IN2O5/c1-23-15-6-11(4-12(18)17(15)22)8-19-20-16(21)7-10-2-3-13-14(5-10)25-9-24-13/h2-6,8,22H,7,9H2,1H3,(H,20,21)/b19-8+. The summed E-state index contributed by atoms with van der Waals surface area (Å²) in [5.74, 6) is 1.49. The molecule has 1 aliphatic heterocycles. The fourth-order valence-electron chi connectivity index (χ4n) is 2.28. The predicted molar refractivity (Wildman–Crippen MR) is 99.4 cm³/mol. The van der Waals surface area contributed by atoms with E-state index in [1.54, 1.807) is 24.3 Å². The lowest BCUT2D eigenvalue weighted by atomic mass is 10.1. The van der Waals surface area contributed by atoms with E-state index < -0.39 is 0 Å². The SMILES string of the molecule is COc1cc(/C=N/NC(=O)Cc2ccc3c(c2)OCO3)cc(I)c1O. The van der Waals surface area contributed by atoms with Crippen LogP contribution in [0.25, 0.3) is 0 Å². The fourth-order valence-corrected chi connectivity index (χ4v) is 2.90. The van der Waals surface area contributed by atoms with Gasteiger partial charge in [0.1, 0.15) is 0 Å². The summed E-state index contributed by atoms with van der Waals surface area (Å²) in [6.07, 6.45) is 1.66. The summed E-state index contributed by atoms with van der Waals surface area (Å²) >= 11 is 1.99. The van der Waals surface area contributed by atoms with Crippen LogP contribution in [0.1, 0.15) is 11.1 Å². The molecule has 0 spiro atoms. The van der Waals surface area contributed by atoms with Crippen LogP contribution in [0.2, 0.25) is 0 Å². The number of carbonyl (C=O) groups is 1. The number of aromatic hydroxyl groups is 1. The largest absolute Gasteiger partial charge is 0.504 e. The number of halogens is 1. The first-order valence-corrected chi connectivity index (χ1v) is 8.41. The number of hydrazone groups is 1. The molecule has 2 aromatic carbocycles. The Morgan fingerprint density at radius 1 is 1.36 bits per heavy atom. The van der Waals surface area contributed by atoms with Crippen molar-refractivity contribution in [1.29, 1.82) is 0 Å². The molecule has 0 atom stereocenters. The molecule has 7 nitrogen and oxygen atoms in total. The van der Waals surface area contributed by atoms with E-state index in [0.717, 1.165) is 5.56 Å². The summed E-state index contributed by atoms with van der Waals surface area (Å²) in [5.41, 5.74) is 3.97. The zero-order chi connectivity index (χ0) is 17.8. The summed E-state index contributed by atoms with van der Waals surface area (Å²) in [6.45, 7) is 0.199. The molecule has 0 saturated carbocycles. The lowest BCUT2D eigenvalue weighted by Crippen LogP contribution is -2.19. The van der Waals surface area contributed by atoms with Gasteiger partial charge in [0.05, 0.1) is 23.3 Å². The smallest absolute Gasteiger partial charge is 0.244 e. The summed E-state index contributed by atoms with van der Waals surface area (Å²) in [6, 6.07) is 8.72. The quantitative estimate of drug-likeness (QED) is 0.412. The topological polar surface area (TPSA) is 89.4 Å². The van der Waals surface area contributed by atoms with Crippen molar-refractivity contribution in [3.63, 3.8) is 0 Å². The Morgan fingerprint density at radius 3 is 2.96 bits per heavy atom. The first kappa shape index (κ1) is 17.3. The minimum atomic E-state index is -0.254. The van der Waals surface area contributed by atoms with Crippen molar-refractivity contribution >= 4 is 34.7 Å². The Bertz CT molecular complexity index is 838. The number of benzene rings is 2. The van der Waals surface area contributed by atoms with Crippen LogP contribution in [-0.2, 0) is 11.2 Å². The highest BCUT2D eigenvalue weighted by atomic mass is 127. The number of carbonyl (C=O) groups excluding carboxylic acids is 1. The van der Waals surface area contributed by atoms with Crippen LogP contribution in [0.5, 0.6) is 23.0 Å². The molecule has 130 valence electrons. The maximum absolute atomic E-state index is 12.0. The van der Waals surface area contributed by atoms with Crippen LogP contribution < -0.4 is 19.6 Å². The second-order valence-electron chi connectivity index (χ2n) is 5.21. The zero-order valence-electron chi connectivity index (χ0n) is 13.3. The third-order valence-electron chi connectivity index (χ3n) is 3.48. The van der Waals surface area contributed by atoms with Gasteiger partial charge in [-0.25, -0.2) is 5.43 Å². The van der Waals surface area contributed by atoms with Crippen LogP contribution >= 0.6 is 22.6 Å². The number of phenolic OH excluding ortho intramolecular Hbond substituents is 1. The molecule has 2 aromatic rings. The Kier molecular flexibility index (Phi) is 5.27. The highest BCUT2D eigenvalue weighted by molar-refractivity contribution is 14.1. The molecule has 0 saturated heterocycles.